The number of aromatic amines is 1. The van der Waals surface area contributed by atoms with Gasteiger partial charge < -0.3 is 10.3 Å². The number of thioether (sulfide) groups is 1. The Morgan fingerprint density at radius 3 is 2.57 bits per heavy atom. The molecule has 1 aromatic heterocycles. The lowest BCUT2D eigenvalue weighted by molar-refractivity contribution is -0.141. The standard InChI is InChI=1S/C25H24F3N3O4S2/c1-24(2)17-12-9-13(18(17)36-20-19(24)37-23(35)30-20)16-15(12)21(33)31(22(16)34)7-6-14(32)29-11-5-3-4-10(8-11)25(26,27)28/h3-5,8,12-13,15-18H,6-7,9H2,1-2H3,(H,29,32)(H,30,35)/t12-,13-,15-,16-,17+,18-/m1/s1. The van der Waals surface area contributed by atoms with Crippen LogP contribution in [0.5, 0.6) is 0 Å². The maximum Gasteiger partial charge on any atom is 0.416 e. The van der Waals surface area contributed by atoms with Crippen LogP contribution in [0.3, 0.4) is 0 Å². The number of anilines is 1. The van der Waals surface area contributed by atoms with Gasteiger partial charge in [0.1, 0.15) is 0 Å². The molecule has 2 aliphatic heterocycles. The van der Waals surface area contributed by atoms with Crippen molar-refractivity contribution in [3.63, 3.8) is 0 Å². The van der Waals surface area contributed by atoms with E-state index in [-0.39, 0.29) is 63.8 Å². The van der Waals surface area contributed by atoms with E-state index < -0.39 is 29.5 Å². The van der Waals surface area contributed by atoms with Gasteiger partial charge in [0, 0.05) is 34.2 Å². The molecule has 3 amide bonds. The molecule has 1 saturated heterocycles. The van der Waals surface area contributed by atoms with Gasteiger partial charge in [-0.2, -0.15) is 13.2 Å². The van der Waals surface area contributed by atoms with Crippen molar-refractivity contribution in [2.75, 3.05) is 11.9 Å². The van der Waals surface area contributed by atoms with Crippen molar-refractivity contribution in [2.45, 2.75) is 48.6 Å². The van der Waals surface area contributed by atoms with Gasteiger partial charge in [-0.1, -0.05) is 31.3 Å². The summed E-state index contributed by atoms with van der Waals surface area (Å²) < 4.78 is 38.8. The van der Waals surface area contributed by atoms with Crippen LogP contribution < -0.4 is 10.2 Å². The maximum absolute atomic E-state index is 13.4. The first kappa shape index (κ1) is 24.7. The highest BCUT2D eigenvalue weighted by Crippen LogP contribution is 2.68. The highest BCUT2D eigenvalue weighted by atomic mass is 32.2. The van der Waals surface area contributed by atoms with Crippen molar-refractivity contribution in [3.05, 3.63) is 44.4 Å². The van der Waals surface area contributed by atoms with Gasteiger partial charge in [-0.15, -0.1) is 11.8 Å². The second-order valence-electron chi connectivity index (χ2n) is 10.8. The van der Waals surface area contributed by atoms with E-state index in [1.807, 2.05) is 0 Å². The summed E-state index contributed by atoms with van der Waals surface area (Å²) in [5, 5.41) is 3.42. The van der Waals surface area contributed by atoms with E-state index in [0.717, 1.165) is 28.5 Å². The minimum atomic E-state index is -4.53. The zero-order valence-corrected chi connectivity index (χ0v) is 21.6. The van der Waals surface area contributed by atoms with Crippen LogP contribution in [-0.4, -0.2) is 39.4 Å². The first-order valence-electron chi connectivity index (χ1n) is 12.1. The molecule has 196 valence electrons. The van der Waals surface area contributed by atoms with Crippen molar-refractivity contribution >= 4 is 46.5 Å². The van der Waals surface area contributed by atoms with Gasteiger partial charge in [-0.05, 0) is 42.4 Å². The quantitative estimate of drug-likeness (QED) is 0.558. The van der Waals surface area contributed by atoms with E-state index in [4.69, 9.17) is 0 Å². The number of amides is 3. The fraction of sp³-hybridized carbons (Fsp3) is 0.520. The SMILES string of the molecule is CC1(C)c2sc(=O)[nH]c2S[C@@H]2[C@@H]3C[C@H]([C@H]4C(=O)N(CCC(=O)Nc5cccc(C(F)(F)F)c5)C(=O)[C@H]34)[C@@H]21. The molecule has 0 radical (unpaired) electrons. The number of alkyl halides is 3. The minimum Gasteiger partial charge on any atom is -0.326 e. The van der Waals surface area contributed by atoms with Crippen LogP contribution >= 0.6 is 23.1 Å². The molecule has 12 heteroatoms. The average molecular weight is 552 g/mol. The van der Waals surface area contributed by atoms with Gasteiger partial charge in [0.05, 0.1) is 22.4 Å². The number of nitrogens with one attached hydrogen (secondary N) is 2. The minimum absolute atomic E-state index is 0.00246. The Bertz CT molecular complexity index is 1380. The van der Waals surface area contributed by atoms with Crippen LogP contribution in [0.4, 0.5) is 18.9 Å². The van der Waals surface area contributed by atoms with Crippen molar-refractivity contribution in [1.82, 2.24) is 9.88 Å². The summed E-state index contributed by atoms with van der Waals surface area (Å²) >= 11 is 2.83. The van der Waals surface area contributed by atoms with Crippen LogP contribution in [0.2, 0.25) is 0 Å². The number of nitrogens with zero attached hydrogens (tertiary/aromatic N) is 1. The highest BCUT2D eigenvalue weighted by Gasteiger charge is 2.70. The Morgan fingerprint density at radius 2 is 1.86 bits per heavy atom. The molecular formula is C25H24F3N3O4S2. The van der Waals surface area contributed by atoms with E-state index >= 15 is 0 Å². The average Bonchev–Trinajstić information content (AvgIpc) is 3.54. The molecule has 0 unspecified atom stereocenters. The number of hydrogen-bond acceptors (Lipinski definition) is 6. The molecule has 2 aromatic rings. The summed E-state index contributed by atoms with van der Waals surface area (Å²) in [5.41, 5.74) is -1.18. The number of aromatic nitrogens is 1. The van der Waals surface area contributed by atoms with Crippen LogP contribution in [0, 0.1) is 29.6 Å². The summed E-state index contributed by atoms with van der Waals surface area (Å²) in [7, 11) is 0. The third-order valence-electron chi connectivity index (χ3n) is 8.52. The molecular weight excluding hydrogens is 527 g/mol. The van der Waals surface area contributed by atoms with Gasteiger partial charge >= 0.3 is 11.0 Å². The number of halogens is 3. The molecule has 2 bridgehead atoms. The van der Waals surface area contributed by atoms with Gasteiger partial charge in [-0.3, -0.25) is 24.1 Å². The Labute approximate surface area is 218 Å². The lowest BCUT2D eigenvalue weighted by atomic mass is 9.64. The molecule has 3 fully saturated rings. The molecule has 4 aliphatic rings. The molecule has 6 rings (SSSR count). The van der Waals surface area contributed by atoms with Crippen LogP contribution in [-0.2, 0) is 26.0 Å². The monoisotopic (exact) mass is 551 g/mol. The Morgan fingerprint density at radius 1 is 1.16 bits per heavy atom. The lowest BCUT2D eigenvalue weighted by Crippen LogP contribution is -2.48. The van der Waals surface area contributed by atoms with Crippen LogP contribution in [0.15, 0.2) is 34.1 Å². The van der Waals surface area contributed by atoms with Crippen molar-refractivity contribution in [1.29, 1.82) is 0 Å². The van der Waals surface area contributed by atoms with Crippen molar-refractivity contribution in [3.8, 4) is 0 Å². The summed E-state index contributed by atoms with van der Waals surface area (Å²) in [4.78, 5) is 56.3. The number of carbonyl (C=O) groups excluding carboxylic acids is 3. The number of thiazole rings is 1. The number of benzene rings is 1. The predicted octanol–water partition coefficient (Wildman–Crippen LogP) is 4.10. The third kappa shape index (κ3) is 3.70. The topological polar surface area (TPSA) is 99.3 Å². The summed E-state index contributed by atoms with van der Waals surface area (Å²) in [6, 6.07) is 4.32. The number of hydrogen-bond donors (Lipinski definition) is 2. The Kier molecular flexibility index (Phi) is 5.48. The number of carbonyl (C=O) groups is 3. The van der Waals surface area contributed by atoms with Gasteiger partial charge in [-0.25, -0.2) is 0 Å². The summed E-state index contributed by atoms with van der Waals surface area (Å²) in [6.07, 6.45) is -3.94. The highest BCUT2D eigenvalue weighted by molar-refractivity contribution is 8.00. The molecule has 6 atom stereocenters. The number of likely N-dealkylation sites (tertiary alicyclic amines) is 1. The van der Waals surface area contributed by atoms with E-state index in [0.29, 0.717) is 0 Å². The summed E-state index contributed by atoms with van der Waals surface area (Å²) in [6.45, 7) is 4.11. The maximum atomic E-state index is 13.4. The second kappa shape index (κ2) is 8.20. The smallest absolute Gasteiger partial charge is 0.326 e. The fourth-order valence-electron chi connectivity index (χ4n) is 7.15. The van der Waals surface area contributed by atoms with Crippen molar-refractivity contribution < 1.29 is 27.6 Å². The molecule has 2 saturated carbocycles. The zero-order valence-electron chi connectivity index (χ0n) is 19.9. The van der Waals surface area contributed by atoms with E-state index in [1.165, 1.54) is 28.4 Å². The normalized spacial score (nSPS) is 31.3. The fourth-order valence-corrected chi connectivity index (χ4v) is 10.3. The number of H-pyrrole nitrogens is 1. The molecule has 7 nitrogen and oxygen atoms in total. The molecule has 0 spiro atoms. The lowest BCUT2D eigenvalue weighted by Gasteiger charge is -2.47. The van der Waals surface area contributed by atoms with Gasteiger partial charge in [0.15, 0.2) is 0 Å². The number of imide groups is 1. The largest absolute Gasteiger partial charge is 0.416 e. The molecule has 2 N–H and O–H groups in total. The van der Waals surface area contributed by atoms with E-state index in [1.54, 1.807) is 11.8 Å². The Hall–Kier alpha value is -2.60. The third-order valence-corrected chi connectivity index (χ3v) is 11.3. The second-order valence-corrected chi connectivity index (χ2v) is 13.0. The molecule has 1 aromatic carbocycles. The number of rotatable bonds is 4. The van der Waals surface area contributed by atoms with Gasteiger partial charge in [0.25, 0.3) is 0 Å². The molecule has 37 heavy (non-hydrogen) atoms. The van der Waals surface area contributed by atoms with Crippen LogP contribution in [0.1, 0.15) is 37.1 Å². The Balaban J connectivity index is 1.16. The first-order chi connectivity index (χ1) is 17.4. The molecule has 2 aliphatic carbocycles. The van der Waals surface area contributed by atoms with E-state index in [2.05, 4.69) is 24.1 Å². The van der Waals surface area contributed by atoms with Crippen molar-refractivity contribution in [2.24, 2.45) is 29.6 Å². The first-order valence-corrected chi connectivity index (χ1v) is 13.8. The summed E-state index contributed by atoms with van der Waals surface area (Å²) in [5.74, 6) is -1.77. The molecule has 3 heterocycles. The predicted molar refractivity (Wildman–Crippen MR) is 131 cm³/mol. The van der Waals surface area contributed by atoms with E-state index in [9.17, 15) is 32.3 Å². The zero-order chi connectivity index (χ0) is 26.4. The number of fused-ring (bicyclic) bond motifs is 9. The van der Waals surface area contributed by atoms with Gasteiger partial charge in [0.2, 0.25) is 17.7 Å². The van der Waals surface area contributed by atoms with Crippen LogP contribution in [0.25, 0.3) is 0 Å².